The maximum absolute atomic E-state index is 5.51. The van der Waals surface area contributed by atoms with Crippen LogP contribution in [0, 0.1) is 0 Å². The summed E-state index contributed by atoms with van der Waals surface area (Å²) in [7, 11) is -0.316. The first-order valence-electron chi connectivity index (χ1n) is 3.16. The fourth-order valence-electron chi connectivity index (χ4n) is 0.782. The van der Waals surface area contributed by atoms with Crippen LogP contribution < -0.4 is 0 Å². The van der Waals surface area contributed by atoms with Crippen molar-refractivity contribution in [1.82, 2.24) is 0 Å². The Morgan fingerprint density at radius 1 is 1.70 bits per heavy atom. The largest absolute Gasteiger partial charge is 0.541 e. The van der Waals surface area contributed by atoms with E-state index in [4.69, 9.17) is 20.9 Å². The third-order valence-electron chi connectivity index (χ3n) is 1.50. The van der Waals surface area contributed by atoms with Crippen LogP contribution in [0.25, 0.3) is 0 Å². The van der Waals surface area contributed by atoms with Crippen molar-refractivity contribution in [3.8, 4) is 0 Å². The lowest BCUT2D eigenvalue weighted by atomic mass is 9.96. The highest BCUT2D eigenvalue weighted by molar-refractivity contribution is 6.57. The molecule has 0 atom stereocenters. The highest BCUT2D eigenvalue weighted by atomic mass is 35.5. The van der Waals surface area contributed by atoms with E-state index in [0.29, 0.717) is 11.5 Å². The summed E-state index contributed by atoms with van der Waals surface area (Å²) < 4.78 is 10.5. The predicted molar refractivity (Wildman–Crippen MR) is 41.9 cm³/mol. The van der Waals surface area contributed by atoms with Crippen molar-refractivity contribution >= 4 is 18.7 Å². The monoisotopic (exact) mass is 160 g/mol. The Kier molecular flexibility index (Phi) is 1.97. The molecule has 1 aliphatic rings. The molecule has 1 aliphatic heterocycles. The zero-order chi connectivity index (χ0) is 7.78. The van der Waals surface area contributed by atoms with Crippen LogP contribution in [-0.2, 0) is 9.31 Å². The second-order valence-electron chi connectivity index (χ2n) is 2.75. The average Bonchev–Trinajstić information content (AvgIpc) is 2.08. The summed E-state index contributed by atoms with van der Waals surface area (Å²) in [6.45, 7) is 7.51. The molecule has 2 nitrogen and oxygen atoms in total. The summed E-state index contributed by atoms with van der Waals surface area (Å²) in [6, 6.07) is 0. The molecule has 56 valence electrons. The van der Waals surface area contributed by atoms with Crippen LogP contribution >= 0.6 is 11.6 Å². The van der Waals surface area contributed by atoms with Crippen molar-refractivity contribution in [3.05, 3.63) is 12.3 Å². The molecule has 0 aromatic carbocycles. The molecule has 0 aromatic rings. The van der Waals surface area contributed by atoms with E-state index >= 15 is 0 Å². The Balaban J connectivity index is 2.62. The first-order chi connectivity index (χ1) is 4.56. The van der Waals surface area contributed by atoms with E-state index in [-0.39, 0.29) is 12.7 Å². The molecule has 0 amide bonds. The van der Waals surface area contributed by atoms with Crippen molar-refractivity contribution in [2.75, 3.05) is 5.78 Å². The van der Waals surface area contributed by atoms with Crippen molar-refractivity contribution in [2.45, 2.75) is 19.4 Å². The molecular weight excluding hydrogens is 150 g/mol. The van der Waals surface area contributed by atoms with E-state index in [1.54, 1.807) is 0 Å². The van der Waals surface area contributed by atoms with Crippen LogP contribution in [0.4, 0.5) is 0 Å². The van der Waals surface area contributed by atoms with Gasteiger partial charge in [0.1, 0.15) is 5.60 Å². The lowest BCUT2D eigenvalue weighted by molar-refractivity contribution is 0.171. The Morgan fingerprint density at radius 2 is 2.30 bits per heavy atom. The first-order valence-corrected chi connectivity index (χ1v) is 3.69. The normalized spacial score (nSPS) is 23.1. The van der Waals surface area contributed by atoms with Gasteiger partial charge in [-0.1, -0.05) is 6.58 Å². The molecule has 10 heavy (non-hydrogen) atoms. The summed E-state index contributed by atoms with van der Waals surface area (Å²) >= 11 is 5.51. The van der Waals surface area contributed by atoms with Gasteiger partial charge in [0.25, 0.3) is 0 Å². The minimum absolute atomic E-state index is 0.316. The number of rotatable bonds is 1. The van der Waals surface area contributed by atoms with E-state index in [0.717, 1.165) is 0 Å². The molecule has 0 bridgehead atoms. The molecule has 0 aromatic heterocycles. The van der Waals surface area contributed by atoms with E-state index in [1.807, 2.05) is 13.8 Å². The SMILES string of the molecule is C=C1OB(CCl)OC1(C)C. The molecule has 0 spiro atoms. The van der Waals surface area contributed by atoms with Crippen molar-refractivity contribution in [1.29, 1.82) is 0 Å². The summed E-state index contributed by atoms with van der Waals surface area (Å²) in [5, 5.41) is 0. The minimum Gasteiger partial charge on any atom is -0.537 e. The van der Waals surface area contributed by atoms with E-state index in [9.17, 15) is 0 Å². The molecule has 1 heterocycles. The van der Waals surface area contributed by atoms with Crippen LogP contribution in [0.2, 0.25) is 0 Å². The highest BCUT2D eigenvalue weighted by Gasteiger charge is 2.40. The van der Waals surface area contributed by atoms with Gasteiger partial charge in [-0.15, -0.1) is 11.6 Å². The predicted octanol–water partition coefficient (Wildman–Crippen LogP) is 1.59. The topological polar surface area (TPSA) is 18.5 Å². The van der Waals surface area contributed by atoms with Crippen molar-refractivity contribution in [3.63, 3.8) is 0 Å². The minimum atomic E-state index is -0.375. The molecule has 4 heteroatoms. The van der Waals surface area contributed by atoms with Gasteiger partial charge in [-0.05, 0) is 13.8 Å². The van der Waals surface area contributed by atoms with E-state index in [1.165, 1.54) is 0 Å². The number of alkyl halides is 1. The lowest BCUT2D eigenvalue weighted by Gasteiger charge is -2.15. The number of hydrogen-bond acceptors (Lipinski definition) is 2. The fraction of sp³-hybridized carbons (Fsp3) is 0.667. The maximum atomic E-state index is 5.51. The molecule has 0 unspecified atom stereocenters. The third kappa shape index (κ3) is 1.30. The first kappa shape index (κ1) is 7.96. The fourth-order valence-corrected chi connectivity index (χ4v) is 0.908. The molecule has 0 N–H and O–H groups in total. The second kappa shape index (κ2) is 2.48. The smallest absolute Gasteiger partial charge is 0.537 e. The van der Waals surface area contributed by atoms with Crippen LogP contribution in [0.3, 0.4) is 0 Å². The Hall–Kier alpha value is -0.145. The van der Waals surface area contributed by atoms with Crippen molar-refractivity contribution in [2.24, 2.45) is 0 Å². The quantitative estimate of drug-likeness (QED) is 0.428. The Labute approximate surface area is 66.3 Å². The third-order valence-corrected chi connectivity index (χ3v) is 1.75. The van der Waals surface area contributed by atoms with Gasteiger partial charge in [0.05, 0.1) is 11.5 Å². The Bertz CT molecular complexity index is 158. The maximum Gasteiger partial charge on any atom is 0.541 e. The zero-order valence-electron chi connectivity index (χ0n) is 6.19. The molecular formula is C6H10BClO2. The second-order valence-corrected chi connectivity index (χ2v) is 3.06. The van der Waals surface area contributed by atoms with Gasteiger partial charge >= 0.3 is 7.12 Å². The summed E-state index contributed by atoms with van der Waals surface area (Å²) in [5.74, 6) is 1.00. The van der Waals surface area contributed by atoms with Gasteiger partial charge in [0.2, 0.25) is 0 Å². The van der Waals surface area contributed by atoms with Crippen LogP contribution in [-0.4, -0.2) is 18.5 Å². The van der Waals surface area contributed by atoms with E-state index < -0.39 is 0 Å². The van der Waals surface area contributed by atoms with Crippen molar-refractivity contribution < 1.29 is 9.31 Å². The van der Waals surface area contributed by atoms with Gasteiger partial charge in [-0.25, -0.2) is 0 Å². The Morgan fingerprint density at radius 3 is 2.50 bits per heavy atom. The van der Waals surface area contributed by atoms with Crippen LogP contribution in [0.5, 0.6) is 0 Å². The van der Waals surface area contributed by atoms with Gasteiger partial charge in [-0.2, -0.15) is 0 Å². The highest BCUT2D eigenvalue weighted by Crippen LogP contribution is 2.29. The molecule has 1 saturated heterocycles. The molecule has 1 fully saturated rings. The zero-order valence-corrected chi connectivity index (χ0v) is 6.94. The molecule has 1 rings (SSSR count). The number of halogens is 1. The standard InChI is InChI=1S/C6H10BClO2/c1-5-6(2,3)10-7(4-8)9-5/h1,4H2,2-3H3. The van der Waals surface area contributed by atoms with Crippen LogP contribution in [0.1, 0.15) is 13.8 Å². The summed E-state index contributed by atoms with van der Waals surface area (Å²) in [4.78, 5) is 0. The van der Waals surface area contributed by atoms with E-state index in [2.05, 4.69) is 6.58 Å². The summed E-state index contributed by atoms with van der Waals surface area (Å²) in [5.41, 5.74) is -0.375. The van der Waals surface area contributed by atoms with Gasteiger partial charge in [0, 0.05) is 0 Å². The molecule has 0 saturated carbocycles. The van der Waals surface area contributed by atoms with Gasteiger partial charge in [0.15, 0.2) is 0 Å². The van der Waals surface area contributed by atoms with Crippen LogP contribution in [0.15, 0.2) is 12.3 Å². The summed E-state index contributed by atoms with van der Waals surface area (Å²) in [6.07, 6.45) is 0. The van der Waals surface area contributed by atoms with Gasteiger partial charge < -0.3 is 9.31 Å². The molecule has 0 radical (unpaired) electrons. The van der Waals surface area contributed by atoms with Gasteiger partial charge in [-0.3, -0.25) is 0 Å². The average molecular weight is 160 g/mol. The lowest BCUT2D eigenvalue weighted by Crippen LogP contribution is -2.24. The molecule has 0 aliphatic carbocycles. The number of hydrogen-bond donors (Lipinski definition) is 0.